The third kappa shape index (κ3) is 7.05. The third-order valence-corrected chi connectivity index (χ3v) is 9.14. The number of benzene rings is 5. The van der Waals surface area contributed by atoms with E-state index in [2.05, 4.69) is 108 Å². The van der Waals surface area contributed by atoms with E-state index in [1.807, 2.05) is 72.8 Å². The topological polar surface area (TPSA) is 98.1 Å². The molecule has 2 aromatic heterocycles. The van der Waals surface area contributed by atoms with Crippen molar-refractivity contribution in [1.29, 1.82) is 0 Å². The SMILES string of the molecule is CC(C)(C)c1ccc(-c2nnc(-c3ccc(-c4cc(O)cc(-c5ccc(-c6nnc(-c7ccc(C(C)(C)I)cc7)o6)cc5)c4)cc3)o2)cc1. The molecule has 0 aliphatic carbocycles. The molecule has 0 unspecified atom stereocenters. The summed E-state index contributed by atoms with van der Waals surface area (Å²) >= 11 is 2.43. The molecule has 0 bridgehead atoms. The van der Waals surface area contributed by atoms with Gasteiger partial charge in [-0.2, -0.15) is 0 Å². The van der Waals surface area contributed by atoms with Crippen molar-refractivity contribution in [2.75, 3.05) is 0 Å². The average molecular weight is 759 g/mol. The van der Waals surface area contributed by atoms with Gasteiger partial charge in [0.05, 0.1) is 0 Å². The normalized spacial score (nSPS) is 12.0. The fraction of sp³-hybridized carbons (Fsp3) is 0.171. The minimum absolute atomic E-state index is 0.0420. The van der Waals surface area contributed by atoms with Gasteiger partial charge in [-0.05, 0) is 119 Å². The first kappa shape index (κ1) is 32.5. The number of aromatic nitrogens is 4. The summed E-state index contributed by atoms with van der Waals surface area (Å²) in [6.45, 7) is 10.9. The monoisotopic (exact) mass is 758 g/mol. The fourth-order valence-corrected chi connectivity index (χ4v) is 5.95. The number of phenols is 1. The van der Waals surface area contributed by atoms with E-state index in [4.69, 9.17) is 8.83 Å². The van der Waals surface area contributed by atoms with Crippen LogP contribution in [0.2, 0.25) is 0 Å². The Morgan fingerprint density at radius 3 is 1.06 bits per heavy atom. The van der Waals surface area contributed by atoms with Gasteiger partial charge in [0.25, 0.3) is 0 Å². The highest BCUT2D eigenvalue weighted by atomic mass is 127. The largest absolute Gasteiger partial charge is 0.508 e. The summed E-state index contributed by atoms with van der Waals surface area (Å²) in [5.74, 6) is 2.03. The predicted molar refractivity (Wildman–Crippen MR) is 202 cm³/mol. The number of phenolic OH excluding ortho intramolecular Hbond substituents is 1. The lowest BCUT2D eigenvalue weighted by molar-refractivity contribution is 0.476. The predicted octanol–water partition coefficient (Wildman–Crippen LogP) is 11.1. The first-order chi connectivity index (χ1) is 23.4. The van der Waals surface area contributed by atoms with Gasteiger partial charge < -0.3 is 13.9 Å². The van der Waals surface area contributed by atoms with Gasteiger partial charge in [-0.1, -0.05) is 91.9 Å². The van der Waals surface area contributed by atoms with Crippen LogP contribution in [0.4, 0.5) is 0 Å². The molecule has 0 aliphatic rings. The molecular formula is C41H35IN4O3. The van der Waals surface area contributed by atoms with Crippen molar-refractivity contribution in [1.82, 2.24) is 20.4 Å². The van der Waals surface area contributed by atoms with Crippen LogP contribution in [0.25, 0.3) is 68.1 Å². The highest BCUT2D eigenvalue weighted by Crippen LogP contribution is 2.35. The van der Waals surface area contributed by atoms with E-state index in [-0.39, 0.29) is 14.6 Å². The van der Waals surface area contributed by atoms with Crippen molar-refractivity contribution in [2.45, 2.75) is 43.5 Å². The quantitative estimate of drug-likeness (QED) is 0.128. The second-order valence-corrected chi connectivity index (χ2v) is 16.3. The van der Waals surface area contributed by atoms with Crippen LogP contribution in [0.15, 0.2) is 124 Å². The van der Waals surface area contributed by atoms with Gasteiger partial charge in [0.15, 0.2) is 0 Å². The first-order valence-corrected chi connectivity index (χ1v) is 17.1. The molecule has 2 heterocycles. The van der Waals surface area contributed by atoms with Crippen LogP contribution >= 0.6 is 22.6 Å². The average Bonchev–Trinajstić information content (AvgIpc) is 3.79. The van der Waals surface area contributed by atoms with E-state index in [1.165, 1.54) is 11.1 Å². The Morgan fingerprint density at radius 1 is 0.429 bits per heavy atom. The molecule has 0 saturated carbocycles. The Balaban J connectivity index is 1.07. The molecule has 49 heavy (non-hydrogen) atoms. The molecule has 0 fully saturated rings. The molecule has 0 spiro atoms. The zero-order chi connectivity index (χ0) is 34.3. The summed E-state index contributed by atoms with van der Waals surface area (Å²) in [6.07, 6.45) is 0. The lowest BCUT2D eigenvalue weighted by Crippen LogP contribution is -2.10. The lowest BCUT2D eigenvalue weighted by atomic mass is 9.87. The molecule has 7 rings (SSSR count). The van der Waals surface area contributed by atoms with E-state index in [1.54, 1.807) is 12.1 Å². The first-order valence-electron chi connectivity index (χ1n) is 16.0. The second-order valence-electron chi connectivity index (χ2n) is 13.6. The molecule has 0 aliphatic heterocycles. The second kappa shape index (κ2) is 12.7. The van der Waals surface area contributed by atoms with Crippen LogP contribution in [0.3, 0.4) is 0 Å². The van der Waals surface area contributed by atoms with Gasteiger partial charge in [0.1, 0.15) is 5.75 Å². The van der Waals surface area contributed by atoms with Gasteiger partial charge >= 0.3 is 0 Å². The standard InChI is InChI=1S/C41H35IN4O3/c1-40(2,3)33-18-14-29(15-19-33)38-45-43-36(48-38)27-10-6-25(7-11-27)31-22-32(24-35(47)23-31)26-8-12-28(13-9-26)37-44-46-39(49-37)30-16-20-34(21-17-30)41(4,5)42/h6-24,47H,1-5H3. The van der Waals surface area contributed by atoms with Crippen LogP contribution < -0.4 is 0 Å². The van der Waals surface area contributed by atoms with E-state index in [0.29, 0.717) is 23.6 Å². The van der Waals surface area contributed by atoms with Crippen LogP contribution in [-0.4, -0.2) is 25.5 Å². The van der Waals surface area contributed by atoms with Crippen LogP contribution in [0, 0.1) is 0 Å². The highest BCUT2D eigenvalue weighted by Gasteiger charge is 2.18. The molecule has 8 heteroatoms. The van der Waals surface area contributed by atoms with Gasteiger partial charge in [0.2, 0.25) is 23.6 Å². The summed E-state index contributed by atoms with van der Waals surface area (Å²) in [7, 11) is 0. The maximum absolute atomic E-state index is 10.7. The third-order valence-electron chi connectivity index (χ3n) is 8.51. The number of alkyl halides is 1. The van der Waals surface area contributed by atoms with Crippen molar-refractivity contribution in [2.24, 2.45) is 0 Å². The van der Waals surface area contributed by atoms with Crippen molar-refractivity contribution in [3.63, 3.8) is 0 Å². The number of nitrogens with zero attached hydrogens (tertiary/aromatic N) is 4. The Hall–Kier alpha value is -5.09. The molecule has 1 N–H and O–H groups in total. The van der Waals surface area contributed by atoms with Gasteiger partial charge in [0, 0.05) is 25.7 Å². The Morgan fingerprint density at radius 2 is 0.735 bits per heavy atom. The van der Waals surface area contributed by atoms with Gasteiger partial charge in [-0.25, -0.2) is 0 Å². The summed E-state index contributed by atoms with van der Waals surface area (Å²) in [5.41, 5.74) is 9.60. The van der Waals surface area contributed by atoms with Crippen molar-refractivity contribution in [3.05, 3.63) is 126 Å². The molecule has 7 nitrogen and oxygen atoms in total. The van der Waals surface area contributed by atoms with E-state index >= 15 is 0 Å². The molecular weight excluding hydrogens is 723 g/mol. The lowest BCUT2D eigenvalue weighted by Gasteiger charge is -2.18. The van der Waals surface area contributed by atoms with Crippen molar-refractivity contribution in [3.8, 4) is 73.8 Å². The Bertz CT molecular complexity index is 2060. The maximum atomic E-state index is 10.7. The number of hydrogen-bond acceptors (Lipinski definition) is 7. The van der Waals surface area contributed by atoms with E-state index in [9.17, 15) is 5.11 Å². The smallest absolute Gasteiger partial charge is 0.248 e. The maximum Gasteiger partial charge on any atom is 0.248 e. The zero-order valence-corrected chi connectivity index (χ0v) is 30.1. The van der Waals surface area contributed by atoms with Gasteiger partial charge in [-0.15, -0.1) is 20.4 Å². The highest BCUT2D eigenvalue weighted by molar-refractivity contribution is 14.1. The van der Waals surface area contributed by atoms with E-state index in [0.717, 1.165) is 44.5 Å². The number of aromatic hydroxyl groups is 1. The molecule has 7 aromatic rings. The van der Waals surface area contributed by atoms with Crippen LogP contribution in [0.5, 0.6) is 5.75 Å². The molecule has 0 amide bonds. The molecule has 0 atom stereocenters. The molecule has 0 saturated heterocycles. The van der Waals surface area contributed by atoms with E-state index < -0.39 is 0 Å². The number of rotatable bonds is 7. The van der Waals surface area contributed by atoms with Crippen LogP contribution in [-0.2, 0) is 8.84 Å². The molecule has 244 valence electrons. The number of hydrogen-bond donors (Lipinski definition) is 1. The fourth-order valence-electron chi connectivity index (χ4n) is 5.59. The number of halogens is 1. The summed E-state index contributed by atoms with van der Waals surface area (Å²) < 4.78 is 12.1. The Kier molecular flexibility index (Phi) is 8.44. The Labute approximate surface area is 299 Å². The van der Waals surface area contributed by atoms with Crippen molar-refractivity contribution < 1.29 is 13.9 Å². The summed E-state index contributed by atoms with van der Waals surface area (Å²) in [4.78, 5) is 0. The minimum Gasteiger partial charge on any atom is -0.508 e. The molecule has 0 radical (unpaired) electrons. The van der Waals surface area contributed by atoms with Gasteiger partial charge in [-0.3, -0.25) is 0 Å². The molecule has 5 aromatic carbocycles. The zero-order valence-electron chi connectivity index (χ0n) is 27.9. The summed E-state index contributed by atoms with van der Waals surface area (Å²) in [6, 6.07) is 37.8. The summed E-state index contributed by atoms with van der Waals surface area (Å²) in [5, 5.41) is 27.8. The van der Waals surface area contributed by atoms with Crippen LogP contribution in [0.1, 0.15) is 45.7 Å². The van der Waals surface area contributed by atoms with Crippen molar-refractivity contribution >= 4 is 22.6 Å². The minimum atomic E-state index is 0.0420.